The summed E-state index contributed by atoms with van der Waals surface area (Å²) < 4.78 is 5.48. The number of rotatable bonds is 3. The van der Waals surface area contributed by atoms with Gasteiger partial charge in [-0.3, -0.25) is 4.79 Å². The van der Waals surface area contributed by atoms with Crippen LogP contribution in [0.5, 0.6) is 0 Å². The van der Waals surface area contributed by atoms with Crippen LogP contribution in [0, 0.1) is 11.8 Å². The fourth-order valence-corrected chi connectivity index (χ4v) is 3.52. The van der Waals surface area contributed by atoms with E-state index in [1.165, 1.54) is 0 Å². The Hall–Kier alpha value is -1.88. The van der Waals surface area contributed by atoms with Crippen molar-refractivity contribution >= 4 is 17.5 Å². The minimum atomic E-state index is 0.130. The third kappa shape index (κ3) is 3.05. The van der Waals surface area contributed by atoms with Crippen molar-refractivity contribution in [1.82, 2.24) is 15.0 Å². The Balaban J connectivity index is 1.47. The van der Waals surface area contributed by atoms with Gasteiger partial charge in [0.25, 0.3) is 0 Å². The zero-order chi connectivity index (χ0) is 16.7. The summed E-state index contributed by atoms with van der Waals surface area (Å²) in [4.78, 5) is 19.0. The summed E-state index contributed by atoms with van der Waals surface area (Å²) in [6.07, 6.45) is 2.99. The van der Waals surface area contributed by atoms with Gasteiger partial charge in [0.1, 0.15) is 0 Å². The normalized spacial score (nSPS) is 26.4. The average Bonchev–Trinajstić information content (AvgIpc) is 3.13. The highest BCUT2D eigenvalue weighted by molar-refractivity contribution is 6.30. The van der Waals surface area contributed by atoms with Crippen molar-refractivity contribution in [3.8, 4) is 11.4 Å². The van der Waals surface area contributed by atoms with Gasteiger partial charge < -0.3 is 9.42 Å². The van der Waals surface area contributed by atoms with E-state index >= 15 is 0 Å². The van der Waals surface area contributed by atoms with Gasteiger partial charge in [0.05, 0.1) is 5.92 Å². The van der Waals surface area contributed by atoms with Crippen molar-refractivity contribution in [2.24, 2.45) is 11.8 Å². The molecule has 0 radical (unpaired) electrons. The van der Waals surface area contributed by atoms with E-state index in [4.69, 9.17) is 16.1 Å². The molecule has 24 heavy (non-hydrogen) atoms. The molecule has 2 aliphatic rings. The number of likely N-dealkylation sites (tertiary alicyclic amines) is 1. The number of carbonyl (C=O) groups excluding carboxylic acids is 1. The molecule has 2 aromatic rings. The lowest BCUT2D eigenvalue weighted by Crippen LogP contribution is -2.40. The van der Waals surface area contributed by atoms with E-state index in [9.17, 15) is 4.79 Å². The quantitative estimate of drug-likeness (QED) is 0.850. The van der Waals surface area contributed by atoms with Gasteiger partial charge in [0.15, 0.2) is 0 Å². The van der Waals surface area contributed by atoms with Crippen LogP contribution in [0.1, 0.15) is 38.0 Å². The number of piperidine rings is 1. The molecule has 0 unspecified atom stereocenters. The summed E-state index contributed by atoms with van der Waals surface area (Å²) in [5.74, 6) is 2.39. The summed E-state index contributed by atoms with van der Waals surface area (Å²) in [5, 5.41) is 4.77. The molecule has 126 valence electrons. The molecule has 1 saturated carbocycles. The maximum atomic E-state index is 12.5. The topological polar surface area (TPSA) is 59.2 Å². The van der Waals surface area contributed by atoms with Crippen LogP contribution < -0.4 is 0 Å². The van der Waals surface area contributed by atoms with Crippen LogP contribution in [-0.2, 0) is 4.79 Å². The van der Waals surface area contributed by atoms with Crippen LogP contribution in [0.25, 0.3) is 11.4 Å². The van der Waals surface area contributed by atoms with E-state index in [1.807, 2.05) is 29.2 Å². The molecule has 1 amide bonds. The van der Waals surface area contributed by atoms with Crippen molar-refractivity contribution in [1.29, 1.82) is 0 Å². The molecule has 6 heteroatoms. The Bertz CT molecular complexity index is 743. The summed E-state index contributed by atoms with van der Waals surface area (Å²) in [6, 6.07) is 7.37. The number of amides is 1. The smallest absolute Gasteiger partial charge is 0.231 e. The minimum Gasteiger partial charge on any atom is -0.342 e. The molecule has 4 rings (SSSR count). The molecule has 1 aliphatic carbocycles. The van der Waals surface area contributed by atoms with Crippen molar-refractivity contribution in [3.05, 3.63) is 35.2 Å². The Morgan fingerprint density at radius 2 is 2.08 bits per heavy atom. The van der Waals surface area contributed by atoms with E-state index in [0.717, 1.165) is 31.4 Å². The Morgan fingerprint density at radius 3 is 2.79 bits per heavy atom. The molecule has 2 fully saturated rings. The first-order valence-corrected chi connectivity index (χ1v) is 8.88. The average molecular weight is 346 g/mol. The Labute approximate surface area is 146 Å². The van der Waals surface area contributed by atoms with Crippen LogP contribution in [0.15, 0.2) is 28.8 Å². The number of carbonyl (C=O) groups is 1. The molecule has 0 bridgehead atoms. The minimum absolute atomic E-state index is 0.130. The van der Waals surface area contributed by atoms with Crippen LogP contribution >= 0.6 is 11.6 Å². The van der Waals surface area contributed by atoms with Gasteiger partial charge in [-0.15, -0.1) is 0 Å². The van der Waals surface area contributed by atoms with Crippen molar-refractivity contribution in [2.75, 3.05) is 13.1 Å². The second-order valence-electron chi connectivity index (χ2n) is 6.91. The van der Waals surface area contributed by atoms with E-state index < -0.39 is 0 Å². The molecule has 1 saturated heterocycles. The molecule has 1 aliphatic heterocycles. The van der Waals surface area contributed by atoms with Gasteiger partial charge in [0, 0.05) is 29.6 Å². The highest BCUT2D eigenvalue weighted by Gasteiger charge is 2.42. The third-order valence-electron chi connectivity index (χ3n) is 5.05. The van der Waals surface area contributed by atoms with Gasteiger partial charge in [-0.2, -0.15) is 4.98 Å². The SMILES string of the molecule is C[C@@H]1C[C@H]1C(=O)N1CCC[C@H](c2nc(-c3ccc(Cl)cc3)no2)C1. The number of hydrogen-bond donors (Lipinski definition) is 0. The van der Waals surface area contributed by atoms with E-state index in [2.05, 4.69) is 17.1 Å². The van der Waals surface area contributed by atoms with Crippen molar-refractivity contribution < 1.29 is 9.32 Å². The van der Waals surface area contributed by atoms with Crippen LogP contribution in [0.3, 0.4) is 0 Å². The van der Waals surface area contributed by atoms with Gasteiger partial charge in [0.2, 0.25) is 17.6 Å². The zero-order valence-corrected chi connectivity index (χ0v) is 14.4. The standard InChI is InChI=1S/C18H20ClN3O2/c1-11-9-15(11)18(23)22-8-2-3-13(10-22)17-20-16(21-24-17)12-4-6-14(19)7-5-12/h4-7,11,13,15H,2-3,8-10H2,1H3/t11-,13+,15-/m1/s1. The largest absolute Gasteiger partial charge is 0.342 e. The second-order valence-corrected chi connectivity index (χ2v) is 7.34. The third-order valence-corrected chi connectivity index (χ3v) is 5.31. The molecule has 1 aromatic heterocycles. The first-order valence-electron chi connectivity index (χ1n) is 8.50. The molecule has 0 spiro atoms. The van der Waals surface area contributed by atoms with E-state index in [-0.39, 0.29) is 11.8 Å². The van der Waals surface area contributed by atoms with E-state index in [0.29, 0.717) is 35.1 Å². The number of halogens is 1. The zero-order valence-electron chi connectivity index (χ0n) is 13.6. The number of aromatic nitrogens is 2. The summed E-state index contributed by atoms with van der Waals surface area (Å²) in [5.41, 5.74) is 0.880. The predicted molar refractivity (Wildman–Crippen MR) is 90.6 cm³/mol. The van der Waals surface area contributed by atoms with Gasteiger partial charge in [-0.05, 0) is 49.4 Å². The lowest BCUT2D eigenvalue weighted by atomic mass is 9.97. The molecule has 3 atom stereocenters. The first kappa shape index (κ1) is 15.6. The van der Waals surface area contributed by atoms with Gasteiger partial charge in [-0.25, -0.2) is 0 Å². The Kier molecular flexibility index (Phi) is 4.04. The highest BCUT2D eigenvalue weighted by Crippen LogP contribution is 2.40. The van der Waals surface area contributed by atoms with Crippen LogP contribution in [-0.4, -0.2) is 34.0 Å². The maximum Gasteiger partial charge on any atom is 0.231 e. The van der Waals surface area contributed by atoms with E-state index in [1.54, 1.807) is 0 Å². The van der Waals surface area contributed by atoms with Crippen molar-refractivity contribution in [3.63, 3.8) is 0 Å². The molecule has 5 nitrogen and oxygen atoms in total. The van der Waals surface area contributed by atoms with Gasteiger partial charge >= 0.3 is 0 Å². The highest BCUT2D eigenvalue weighted by atomic mass is 35.5. The Morgan fingerprint density at radius 1 is 1.33 bits per heavy atom. The summed E-state index contributed by atoms with van der Waals surface area (Å²) in [7, 11) is 0. The molecule has 1 aromatic carbocycles. The number of benzene rings is 1. The second kappa shape index (κ2) is 6.20. The van der Waals surface area contributed by atoms with Gasteiger partial charge in [-0.1, -0.05) is 23.7 Å². The predicted octanol–water partition coefficient (Wildman–Crippen LogP) is 3.75. The monoisotopic (exact) mass is 345 g/mol. The van der Waals surface area contributed by atoms with Crippen molar-refractivity contribution in [2.45, 2.75) is 32.1 Å². The number of nitrogens with zero attached hydrogens (tertiary/aromatic N) is 3. The molecular formula is C18H20ClN3O2. The molecule has 0 N–H and O–H groups in total. The lowest BCUT2D eigenvalue weighted by molar-refractivity contribution is -0.134. The lowest BCUT2D eigenvalue weighted by Gasteiger charge is -2.31. The first-order chi connectivity index (χ1) is 11.6. The number of hydrogen-bond acceptors (Lipinski definition) is 4. The fourth-order valence-electron chi connectivity index (χ4n) is 3.40. The maximum absolute atomic E-state index is 12.5. The fraction of sp³-hybridized carbons (Fsp3) is 0.500. The molecule has 2 heterocycles. The summed E-state index contributed by atoms with van der Waals surface area (Å²) >= 11 is 5.91. The van der Waals surface area contributed by atoms with Crippen LogP contribution in [0.2, 0.25) is 5.02 Å². The molecular weight excluding hydrogens is 326 g/mol. The summed E-state index contributed by atoms with van der Waals surface area (Å²) in [6.45, 7) is 3.67. The van der Waals surface area contributed by atoms with Crippen LogP contribution in [0.4, 0.5) is 0 Å².